The third-order valence-electron chi connectivity index (χ3n) is 8.73. The fourth-order valence-corrected chi connectivity index (χ4v) is 6.40. The highest BCUT2D eigenvalue weighted by Gasteiger charge is 2.48. The largest absolute Gasteiger partial charge is 0.353 e. The highest BCUT2D eigenvalue weighted by Crippen LogP contribution is 2.54. The van der Waals surface area contributed by atoms with Gasteiger partial charge in [-0.25, -0.2) is 19.3 Å². The van der Waals surface area contributed by atoms with E-state index in [-0.39, 0.29) is 11.2 Å². The van der Waals surface area contributed by atoms with E-state index in [0.717, 1.165) is 77.1 Å². The number of H-pyrrole nitrogens is 1. The van der Waals surface area contributed by atoms with E-state index in [0.29, 0.717) is 17.8 Å². The number of fused-ring (bicyclic) bond motifs is 2. The predicted octanol–water partition coefficient (Wildman–Crippen LogP) is 5.46. The molecule has 2 saturated carbocycles. The number of benzene rings is 1. The average Bonchev–Trinajstić information content (AvgIpc) is 3.89. The summed E-state index contributed by atoms with van der Waals surface area (Å²) >= 11 is 0. The number of aromatic nitrogens is 5. The van der Waals surface area contributed by atoms with Crippen molar-refractivity contribution in [2.45, 2.75) is 50.0 Å². The molecule has 8 rings (SSSR count). The smallest absolute Gasteiger partial charge is 0.163 e. The number of piperazine rings is 1. The van der Waals surface area contributed by atoms with Gasteiger partial charge in [0, 0.05) is 65.5 Å². The first-order valence-electron chi connectivity index (χ1n) is 14.0. The minimum absolute atomic E-state index is 0.159. The summed E-state index contributed by atoms with van der Waals surface area (Å²) in [5, 5.41) is 5.65. The fourth-order valence-electron chi connectivity index (χ4n) is 6.40. The first-order valence-corrected chi connectivity index (χ1v) is 14.0. The second kappa shape index (κ2) is 8.55. The molecule has 3 aliphatic rings. The van der Waals surface area contributed by atoms with Gasteiger partial charge in [0.25, 0.3) is 0 Å². The number of anilines is 1. The van der Waals surface area contributed by atoms with Crippen LogP contribution in [0.15, 0.2) is 55.0 Å². The van der Waals surface area contributed by atoms with Crippen LogP contribution in [0.2, 0.25) is 0 Å². The van der Waals surface area contributed by atoms with Crippen molar-refractivity contribution < 1.29 is 4.39 Å². The van der Waals surface area contributed by atoms with Crippen LogP contribution in [0.25, 0.3) is 33.3 Å². The van der Waals surface area contributed by atoms with Gasteiger partial charge >= 0.3 is 0 Å². The van der Waals surface area contributed by atoms with E-state index < -0.39 is 0 Å². The SMILES string of the molecule is C[C@H]1CN(c2nc(-c3ccnc4[nH]c(C5(c6ccccc6F)CC5)cc34)nc3cncc(C4CC4)c23)CCN1. The van der Waals surface area contributed by atoms with Gasteiger partial charge in [-0.3, -0.25) is 4.98 Å². The van der Waals surface area contributed by atoms with Gasteiger partial charge in [0.05, 0.1) is 11.7 Å². The highest BCUT2D eigenvalue weighted by molar-refractivity contribution is 5.97. The second-order valence-electron chi connectivity index (χ2n) is 11.4. The maximum Gasteiger partial charge on any atom is 0.163 e. The lowest BCUT2D eigenvalue weighted by Gasteiger charge is -2.33. The van der Waals surface area contributed by atoms with Crippen molar-refractivity contribution in [2.75, 3.05) is 24.5 Å². The highest BCUT2D eigenvalue weighted by atomic mass is 19.1. The molecule has 1 aromatic carbocycles. The molecule has 7 nitrogen and oxygen atoms in total. The number of pyridine rings is 2. The van der Waals surface area contributed by atoms with Crippen LogP contribution < -0.4 is 10.2 Å². The Morgan fingerprint density at radius 2 is 1.95 bits per heavy atom. The van der Waals surface area contributed by atoms with Crippen LogP contribution in [-0.2, 0) is 5.41 Å². The molecule has 0 bridgehead atoms. The molecule has 5 heterocycles. The zero-order chi connectivity index (χ0) is 26.1. The van der Waals surface area contributed by atoms with Crippen LogP contribution in [0.1, 0.15) is 55.3 Å². The first kappa shape index (κ1) is 23.0. The van der Waals surface area contributed by atoms with E-state index in [1.807, 2.05) is 30.6 Å². The van der Waals surface area contributed by atoms with Crippen molar-refractivity contribution >= 4 is 27.8 Å². The van der Waals surface area contributed by atoms with Gasteiger partial charge in [-0.1, -0.05) is 18.2 Å². The Labute approximate surface area is 225 Å². The van der Waals surface area contributed by atoms with Gasteiger partial charge < -0.3 is 15.2 Å². The van der Waals surface area contributed by atoms with Gasteiger partial charge in [0.2, 0.25) is 0 Å². The summed E-state index contributed by atoms with van der Waals surface area (Å²) in [4.78, 5) is 25.5. The van der Waals surface area contributed by atoms with E-state index in [1.54, 1.807) is 18.3 Å². The standard InChI is InChI=1S/C31H30FN7/c1-18-17-39(13-12-34-18)30-27-22(19-6-7-19)15-33-16-25(27)36-29(38-30)20-8-11-35-28-21(20)14-26(37-28)31(9-10-31)23-4-2-3-5-24(23)32/h2-5,8,11,14-16,18-19,34H,6-7,9-10,12-13,17H2,1H3,(H,35,37)/t18-/m0/s1. The summed E-state index contributed by atoms with van der Waals surface area (Å²) in [6.07, 6.45) is 9.90. The van der Waals surface area contributed by atoms with Gasteiger partial charge in [0.1, 0.15) is 17.3 Å². The third-order valence-corrected chi connectivity index (χ3v) is 8.73. The molecule has 2 N–H and O–H groups in total. The monoisotopic (exact) mass is 519 g/mol. The molecule has 3 fully saturated rings. The molecule has 196 valence electrons. The van der Waals surface area contributed by atoms with E-state index in [9.17, 15) is 4.39 Å². The molecule has 4 aromatic heterocycles. The summed E-state index contributed by atoms with van der Waals surface area (Å²) < 4.78 is 14.8. The Hall–Kier alpha value is -3.91. The number of nitrogens with zero attached hydrogens (tertiary/aromatic N) is 5. The average molecular weight is 520 g/mol. The Bertz CT molecular complexity index is 1740. The van der Waals surface area contributed by atoms with Crippen molar-refractivity contribution in [1.29, 1.82) is 0 Å². The number of rotatable bonds is 5. The normalized spacial score (nSPS) is 20.6. The number of halogens is 1. The Kier molecular flexibility index (Phi) is 5.04. The molecule has 0 unspecified atom stereocenters. The number of hydrogen-bond donors (Lipinski definition) is 2. The molecule has 1 atom stereocenters. The molecule has 1 saturated heterocycles. The zero-order valence-electron chi connectivity index (χ0n) is 21.9. The quantitative estimate of drug-likeness (QED) is 0.321. The summed E-state index contributed by atoms with van der Waals surface area (Å²) in [5.74, 6) is 2.06. The molecule has 2 aliphatic carbocycles. The summed E-state index contributed by atoms with van der Waals surface area (Å²) in [6, 6.07) is 11.6. The maximum absolute atomic E-state index is 14.8. The van der Waals surface area contributed by atoms with Crippen LogP contribution in [0, 0.1) is 5.82 Å². The lowest BCUT2D eigenvalue weighted by molar-refractivity contribution is 0.483. The minimum atomic E-state index is -0.335. The maximum atomic E-state index is 14.8. The van der Waals surface area contributed by atoms with Crippen molar-refractivity contribution in [3.8, 4) is 11.4 Å². The molecular weight excluding hydrogens is 489 g/mol. The van der Waals surface area contributed by atoms with Crippen molar-refractivity contribution in [3.63, 3.8) is 0 Å². The number of nitrogens with one attached hydrogen (secondary N) is 2. The van der Waals surface area contributed by atoms with Crippen LogP contribution in [0.3, 0.4) is 0 Å². The molecule has 1 aliphatic heterocycles. The van der Waals surface area contributed by atoms with Gasteiger partial charge in [0.15, 0.2) is 5.82 Å². The molecule has 0 spiro atoms. The van der Waals surface area contributed by atoms with Gasteiger partial charge in [-0.15, -0.1) is 0 Å². The molecule has 39 heavy (non-hydrogen) atoms. The molecule has 5 aromatic rings. The van der Waals surface area contributed by atoms with Crippen LogP contribution in [0.5, 0.6) is 0 Å². The fraction of sp³-hybridized carbons (Fsp3) is 0.355. The topological polar surface area (TPSA) is 82.6 Å². The van der Waals surface area contributed by atoms with Crippen LogP contribution >= 0.6 is 0 Å². The van der Waals surface area contributed by atoms with Crippen molar-refractivity contribution in [1.82, 2.24) is 30.2 Å². The van der Waals surface area contributed by atoms with Crippen molar-refractivity contribution in [2.24, 2.45) is 0 Å². The van der Waals surface area contributed by atoms with E-state index in [2.05, 4.69) is 38.2 Å². The third kappa shape index (κ3) is 3.72. The first-order chi connectivity index (χ1) is 19.1. The lowest BCUT2D eigenvalue weighted by atomic mass is 9.92. The number of hydrogen-bond acceptors (Lipinski definition) is 6. The number of aromatic amines is 1. The van der Waals surface area contributed by atoms with E-state index in [4.69, 9.17) is 9.97 Å². The minimum Gasteiger partial charge on any atom is -0.353 e. The Balaban J connectivity index is 1.30. The van der Waals surface area contributed by atoms with Gasteiger partial charge in [-0.2, -0.15) is 0 Å². The Morgan fingerprint density at radius 3 is 2.74 bits per heavy atom. The predicted molar refractivity (Wildman–Crippen MR) is 150 cm³/mol. The van der Waals surface area contributed by atoms with E-state index in [1.165, 1.54) is 18.4 Å². The molecular formula is C31H30FN7. The molecule has 8 heteroatoms. The van der Waals surface area contributed by atoms with Crippen molar-refractivity contribution in [3.05, 3.63) is 77.6 Å². The van der Waals surface area contributed by atoms with Crippen LogP contribution in [-0.4, -0.2) is 50.6 Å². The van der Waals surface area contributed by atoms with E-state index >= 15 is 0 Å². The molecule has 0 radical (unpaired) electrons. The summed E-state index contributed by atoms with van der Waals surface area (Å²) in [5.41, 5.74) is 5.26. The summed E-state index contributed by atoms with van der Waals surface area (Å²) in [6.45, 7) is 4.93. The Morgan fingerprint density at radius 1 is 1.08 bits per heavy atom. The lowest BCUT2D eigenvalue weighted by Crippen LogP contribution is -2.49. The zero-order valence-corrected chi connectivity index (χ0v) is 21.9. The summed E-state index contributed by atoms with van der Waals surface area (Å²) in [7, 11) is 0. The second-order valence-corrected chi connectivity index (χ2v) is 11.4. The van der Waals surface area contributed by atoms with Gasteiger partial charge in [-0.05, 0) is 67.9 Å². The molecule has 0 amide bonds. The van der Waals surface area contributed by atoms with Crippen LogP contribution in [0.4, 0.5) is 10.2 Å².